The van der Waals surface area contributed by atoms with E-state index in [4.69, 9.17) is 0 Å². The molecule has 1 N–H and O–H groups in total. The Morgan fingerprint density at radius 1 is 1.30 bits per heavy atom. The van der Waals surface area contributed by atoms with Gasteiger partial charge in [0.25, 0.3) is 5.91 Å². The number of hydrogen-bond donors (Lipinski definition) is 1. The van der Waals surface area contributed by atoms with Gasteiger partial charge in [0.1, 0.15) is 0 Å². The number of carbonyl (C=O) groups excluding carboxylic acids is 1. The fraction of sp³-hybridized carbons (Fsp3) is 0.533. The Hall–Kier alpha value is -0.330. The zero-order valence-electron chi connectivity index (χ0n) is 11.8. The lowest BCUT2D eigenvalue weighted by Crippen LogP contribution is -2.46. The summed E-state index contributed by atoms with van der Waals surface area (Å²) in [6.45, 7) is 5.03. The van der Waals surface area contributed by atoms with Crippen molar-refractivity contribution in [3.8, 4) is 0 Å². The van der Waals surface area contributed by atoms with Gasteiger partial charge in [-0.25, -0.2) is 0 Å². The molecule has 3 nitrogen and oxygen atoms in total. The highest BCUT2D eigenvalue weighted by Gasteiger charge is 2.25. The van der Waals surface area contributed by atoms with Crippen LogP contribution in [0.4, 0.5) is 0 Å². The van der Waals surface area contributed by atoms with Crippen molar-refractivity contribution in [2.45, 2.75) is 32.2 Å². The number of benzene rings is 1. The van der Waals surface area contributed by atoms with Crippen LogP contribution in [0.25, 0.3) is 0 Å². The molecule has 112 valence electrons. The van der Waals surface area contributed by atoms with Crippen LogP contribution in [0.3, 0.4) is 0 Å². The van der Waals surface area contributed by atoms with Crippen LogP contribution in [0.1, 0.15) is 36.5 Å². The van der Waals surface area contributed by atoms with Gasteiger partial charge in [0.05, 0.1) is 0 Å². The highest BCUT2D eigenvalue weighted by Crippen LogP contribution is 2.17. The van der Waals surface area contributed by atoms with Crippen molar-refractivity contribution in [1.82, 2.24) is 10.2 Å². The average molecular weight is 409 g/mol. The van der Waals surface area contributed by atoms with Crippen molar-refractivity contribution in [1.29, 1.82) is 0 Å². The molecule has 0 aliphatic carbocycles. The normalized spacial score (nSPS) is 15.5. The van der Waals surface area contributed by atoms with E-state index in [0.29, 0.717) is 6.04 Å². The molecular weight excluding hydrogens is 387 g/mol. The van der Waals surface area contributed by atoms with Gasteiger partial charge >= 0.3 is 0 Å². The molecule has 1 aliphatic rings. The van der Waals surface area contributed by atoms with Crippen molar-refractivity contribution in [3.63, 3.8) is 0 Å². The minimum absolute atomic E-state index is 0. The molecule has 0 saturated carbocycles. The van der Waals surface area contributed by atoms with E-state index in [1.54, 1.807) is 0 Å². The van der Waals surface area contributed by atoms with Gasteiger partial charge in [-0.3, -0.25) is 4.79 Å². The highest BCUT2D eigenvalue weighted by atomic mass is 127. The third-order valence-corrected chi connectivity index (χ3v) is 4.29. The van der Waals surface area contributed by atoms with E-state index in [1.165, 1.54) is 0 Å². The second-order valence-electron chi connectivity index (χ2n) is 4.99. The van der Waals surface area contributed by atoms with Crippen molar-refractivity contribution in [3.05, 3.63) is 33.4 Å². The van der Waals surface area contributed by atoms with Crippen LogP contribution < -0.4 is 5.32 Å². The third kappa shape index (κ3) is 4.60. The summed E-state index contributed by atoms with van der Waals surface area (Å²) in [6.07, 6.45) is 3.15. The monoisotopic (exact) mass is 408 g/mol. The molecule has 0 spiro atoms. The minimum Gasteiger partial charge on any atom is -0.336 e. The highest BCUT2D eigenvalue weighted by molar-refractivity contribution is 14.1. The van der Waals surface area contributed by atoms with Crippen LogP contribution in [0, 0.1) is 3.57 Å². The van der Waals surface area contributed by atoms with Crippen molar-refractivity contribution in [2.75, 3.05) is 19.6 Å². The second kappa shape index (κ2) is 8.85. The number of hydrogen-bond acceptors (Lipinski definition) is 2. The zero-order chi connectivity index (χ0) is 13.7. The molecule has 1 aromatic carbocycles. The molecule has 1 fully saturated rings. The Bertz CT molecular complexity index is 418. The molecule has 20 heavy (non-hydrogen) atoms. The van der Waals surface area contributed by atoms with Crippen LogP contribution in [0.2, 0.25) is 0 Å². The number of rotatable bonds is 4. The Morgan fingerprint density at radius 3 is 2.45 bits per heavy atom. The predicted molar refractivity (Wildman–Crippen MR) is 93.6 cm³/mol. The summed E-state index contributed by atoms with van der Waals surface area (Å²) in [7, 11) is 0. The number of nitrogens with one attached hydrogen (secondary N) is 1. The SMILES string of the molecule is CCCN(C(=O)c1ccc(I)cc1)C1CCNCC1.Cl. The number of amides is 1. The first kappa shape index (κ1) is 17.7. The Morgan fingerprint density at radius 2 is 1.90 bits per heavy atom. The summed E-state index contributed by atoms with van der Waals surface area (Å²) in [5.41, 5.74) is 0.812. The Labute approximate surface area is 141 Å². The molecule has 1 heterocycles. The second-order valence-corrected chi connectivity index (χ2v) is 6.23. The van der Waals surface area contributed by atoms with Crippen LogP contribution in [0.15, 0.2) is 24.3 Å². The molecule has 1 aliphatic heterocycles. The zero-order valence-corrected chi connectivity index (χ0v) is 14.7. The molecule has 0 bridgehead atoms. The molecule has 0 unspecified atom stereocenters. The lowest BCUT2D eigenvalue weighted by atomic mass is 10.0. The van der Waals surface area contributed by atoms with Crippen molar-refractivity contribution in [2.24, 2.45) is 0 Å². The number of nitrogens with zero attached hydrogens (tertiary/aromatic N) is 1. The molecule has 2 rings (SSSR count). The molecular formula is C15H22ClIN2O. The predicted octanol–water partition coefficient (Wildman–Crippen LogP) is 3.32. The largest absolute Gasteiger partial charge is 0.336 e. The summed E-state index contributed by atoms with van der Waals surface area (Å²) < 4.78 is 1.16. The average Bonchev–Trinajstić information content (AvgIpc) is 2.46. The molecule has 1 amide bonds. The summed E-state index contributed by atoms with van der Waals surface area (Å²) in [4.78, 5) is 14.7. The lowest BCUT2D eigenvalue weighted by Gasteiger charge is -2.34. The summed E-state index contributed by atoms with van der Waals surface area (Å²) in [5, 5.41) is 3.36. The van der Waals surface area contributed by atoms with Crippen LogP contribution in [0.5, 0.6) is 0 Å². The van der Waals surface area contributed by atoms with Crippen molar-refractivity contribution < 1.29 is 4.79 Å². The van der Waals surface area contributed by atoms with E-state index in [-0.39, 0.29) is 18.3 Å². The van der Waals surface area contributed by atoms with Gasteiger partial charge in [-0.1, -0.05) is 6.92 Å². The standard InChI is InChI=1S/C15H21IN2O.ClH/c1-2-11-18(14-7-9-17-10-8-14)15(19)12-3-5-13(16)6-4-12;/h3-6,14,17H,2,7-11H2,1H3;1H. The minimum atomic E-state index is 0. The van der Waals surface area contributed by atoms with Gasteiger partial charge in [-0.15, -0.1) is 12.4 Å². The maximum Gasteiger partial charge on any atom is 0.254 e. The fourth-order valence-corrected chi connectivity index (χ4v) is 2.93. The van der Waals surface area contributed by atoms with E-state index in [2.05, 4.69) is 39.7 Å². The summed E-state index contributed by atoms with van der Waals surface area (Å²) >= 11 is 2.26. The molecule has 5 heteroatoms. The van der Waals surface area contributed by atoms with E-state index >= 15 is 0 Å². The molecule has 0 aromatic heterocycles. The van der Waals surface area contributed by atoms with Crippen LogP contribution in [-0.2, 0) is 0 Å². The summed E-state index contributed by atoms with van der Waals surface area (Å²) in [5.74, 6) is 0.185. The molecule has 0 radical (unpaired) electrons. The summed E-state index contributed by atoms with van der Waals surface area (Å²) in [6, 6.07) is 8.27. The quantitative estimate of drug-likeness (QED) is 0.775. The van der Waals surface area contributed by atoms with Crippen LogP contribution in [-0.4, -0.2) is 36.5 Å². The Kier molecular flexibility index (Phi) is 7.84. The first-order valence-electron chi connectivity index (χ1n) is 6.99. The lowest BCUT2D eigenvalue weighted by molar-refractivity contribution is 0.0642. The van der Waals surface area contributed by atoms with E-state index in [1.807, 2.05) is 24.3 Å². The van der Waals surface area contributed by atoms with E-state index < -0.39 is 0 Å². The smallest absolute Gasteiger partial charge is 0.254 e. The maximum absolute atomic E-state index is 12.6. The number of carbonyl (C=O) groups is 1. The van der Waals surface area contributed by atoms with Gasteiger partial charge in [0.15, 0.2) is 0 Å². The van der Waals surface area contributed by atoms with Gasteiger partial charge in [0.2, 0.25) is 0 Å². The van der Waals surface area contributed by atoms with E-state index in [0.717, 1.165) is 48.0 Å². The van der Waals surface area contributed by atoms with Gasteiger partial charge in [-0.05, 0) is 79.2 Å². The maximum atomic E-state index is 12.6. The third-order valence-electron chi connectivity index (χ3n) is 3.57. The number of piperidine rings is 1. The van der Waals surface area contributed by atoms with Crippen molar-refractivity contribution >= 4 is 40.9 Å². The Balaban J connectivity index is 0.00000200. The first-order chi connectivity index (χ1) is 9.22. The van der Waals surface area contributed by atoms with Gasteiger partial charge in [-0.2, -0.15) is 0 Å². The van der Waals surface area contributed by atoms with E-state index in [9.17, 15) is 4.79 Å². The first-order valence-corrected chi connectivity index (χ1v) is 8.07. The van der Waals surface area contributed by atoms with Crippen LogP contribution >= 0.6 is 35.0 Å². The number of halogens is 2. The van der Waals surface area contributed by atoms with Gasteiger partial charge in [0, 0.05) is 21.7 Å². The molecule has 1 saturated heterocycles. The van der Waals surface area contributed by atoms with Gasteiger partial charge < -0.3 is 10.2 Å². The fourth-order valence-electron chi connectivity index (χ4n) is 2.57. The molecule has 0 atom stereocenters. The topological polar surface area (TPSA) is 32.3 Å². The molecule has 1 aromatic rings.